The number of nitrogens with zero attached hydrogens (tertiary/aromatic N) is 3. The predicted octanol–water partition coefficient (Wildman–Crippen LogP) is 7.51. The number of azide groups is 1. The van der Waals surface area contributed by atoms with Gasteiger partial charge in [0.25, 0.3) is 0 Å². The lowest BCUT2D eigenvalue weighted by atomic mass is 9.93. The van der Waals surface area contributed by atoms with Crippen LogP contribution in [0.1, 0.15) is 218 Å². The van der Waals surface area contributed by atoms with E-state index in [0.717, 1.165) is 142 Å². The summed E-state index contributed by atoms with van der Waals surface area (Å²) in [5, 5.41) is 6.50. The molecule has 0 bridgehead atoms. The number of carbonyl (C=O) groups excluding carboxylic acids is 18. The van der Waals surface area contributed by atoms with Crippen LogP contribution >= 0.6 is 0 Å². The van der Waals surface area contributed by atoms with E-state index in [1.807, 2.05) is 0 Å². The molecule has 48 heteroatoms. The lowest BCUT2D eigenvalue weighted by molar-refractivity contribution is -0.386. The van der Waals surface area contributed by atoms with Crippen LogP contribution in [0, 0.1) is 0 Å². The van der Waals surface area contributed by atoms with Gasteiger partial charge in [-0.05, 0) is 67.8 Å². The summed E-state index contributed by atoms with van der Waals surface area (Å²) in [6, 6.07) is 18.0. The summed E-state index contributed by atoms with van der Waals surface area (Å²) < 4.78 is 160. The Morgan fingerprint density at radius 2 is 0.714 bits per heavy atom. The number of nitrogens with one attached hydrogen (secondary N) is 1. The van der Waals surface area contributed by atoms with Gasteiger partial charge in [-0.2, -0.15) is 0 Å². The van der Waals surface area contributed by atoms with Gasteiger partial charge in [0.2, 0.25) is 12.2 Å². The smallest absolute Gasteiger partial charge is 0.339 e. The molecule has 5 saturated heterocycles. The van der Waals surface area contributed by atoms with Crippen LogP contribution < -0.4 is 5.32 Å². The Morgan fingerprint density at radius 3 is 1.13 bits per heavy atom. The van der Waals surface area contributed by atoms with E-state index in [2.05, 4.69) is 22.3 Å². The van der Waals surface area contributed by atoms with Crippen LogP contribution in [-0.4, -0.2) is 313 Å². The number of amides is 1. The number of allylic oxidation sites excluding steroid dienone is 1. The normalized spacial score (nSPS) is 27.1. The van der Waals surface area contributed by atoms with Gasteiger partial charge < -0.3 is 133 Å². The summed E-state index contributed by atoms with van der Waals surface area (Å²) in [5.74, 6) is -20.3. The number of hydrogen-bond donors (Lipinski definition) is 1. The van der Waals surface area contributed by atoms with Gasteiger partial charge >= 0.3 is 95.5 Å². The second-order valence-electron chi connectivity index (χ2n) is 34.7. The van der Waals surface area contributed by atoms with E-state index in [1.165, 1.54) is 98.5 Å². The Balaban J connectivity index is 1.26. The van der Waals surface area contributed by atoms with Gasteiger partial charge in [-0.3, -0.25) is 62.3 Å². The van der Waals surface area contributed by atoms with E-state index in [4.69, 9.17) is 123 Å². The molecule has 808 valence electrons. The summed E-state index contributed by atoms with van der Waals surface area (Å²) >= 11 is 0. The van der Waals surface area contributed by atoms with E-state index in [0.29, 0.717) is 6.42 Å². The molecule has 5 heterocycles. The molecular formula is C99H128N4O44. The van der Waals surface area contributed by atoms with Gasteiger partial charge in [0, 0.05) is 94.4 Å². The molecule has 0 aromatic heterocycles. The van der Waals surface area contributed by atoms with Crippen LogP contribution in [-0.2, 0) is 195 Å². The molecule has 0 unspecified atom stereocenters. The number of esters is 16. The van der Waals surface area contributed by atoms with E-state index < -0.39 is 319 Å². The van der Waals surface area contributed by atoms with Crippen LogP contribution in [0.25, 0.3) is 10.4 Å². The number of hydrogen-bond acceptors (Lipinski definition) is 45. The highest BCUT2D eigenvalue weighted by Gasteiger charge is 2.64. The van der Waals surface area contributed by atoms with E-state index in [1.54, 1.807) is 30.3 Å². The highest BCUT2D eigenvalue weighted by atomic mass is 16.8. The van der Waals surface area contributed by atoms with Gasteiger partial charge in [0.05, 0.1) is 36.8 Å². The van der Waals surface area contributed by atoms with E-state index in [-0.39, 0.29) is 16.7 Å². The van der Waals surface area contributed by atoms with Crippen molar-refractivity contribution in [3.63, 3.8) is 0 Å². The zero-order valence-electron chi connectivity index (χ0n) is 84.1. The van der Waals surface area contributed by atoms with Gasteiger partial charge in [0.1, 0.15) is 99.2 Å². The minimum absolute atomic E-state index is 0.103. The molecule has 5 fully saturated rings. The highest BCUT2D eigenvalue weighted by Crippen LogP contribution is 2.43. The molecule has 5 aliphatic rings. The molecule has 8 rings (SSSR count). The molecule has 0 aliphatic carbocycles. The summed E-state index contributed by atoms with van der Waals surface area (Å²) in [6.07, 6.45) is -40.8. The maximum absolute atomic E-state index is 14.8. The first-order valence-corrected chi connectivity index (χ1v) is 47.9. The number of ketones is 1. The second-order valence-corrected chi connectivity index (χ2v) is 34.7. The summed E-state index contributed by atoms with van der Waals surface area (Å²) in [4.78, 5) is 252. The lowest BCUT2D eigenvalue weighted by Gasteiger charge is -2.52. The first-order chi connectivity index (χ1) is 70.1. The van der Waals surface area contributed by atoms with Crippen molar-refractivity contribution in [2.45, 2.75) is 352 Å². The molecule has 0 spiro atoms. The molecule has 1 amide bonds. The first kappa shape index (κ1) is 119. The first-order valence-electron chi connectivity index (χ1n) is 47.9. The van der Waals surface area contributed by atoms with Crippen molar-refractivity contribution in [1.29, 1.82) is 0 Å². The number of carbonyl (C=O) groups is 18. The van der Waals surface area contributed by atoms with Crippen molar-refractivity contribution in [3.8, 4) is 0 Å². The number of benzene rings is 3. The molecule has 27 atom stereocenters. The molecule has 3 aromatic carbocycles. The maximum Gasteiger partial charge on any atom is 0.339 e. The third kappa shape index (κ3) is 38.0. The van der Waals surface area contributed by atoms with Crippen LogP contribution in [0.4, 0.5) is 0 Å². The van der Waals surface area contributed by atoms with Crippen molar-refractivity contribution in [1.82, 2.24) is 5.32 Å². The topological polar surface area (TPSA) is 608 Å². The molecule has 3 aromatic rings. The Bertz CT molecular complexity index is 5000. The number of rotatable bonds is 53. The Morgan fingerprint density at radius 1 is 0.367 bits per heavy atom. The van der Waals surface area contributed by atoms with Gasteiger partial charge in [-0.1, -0.05) is 137 Å². The number of ether oxygens (including phenoxy) is 26. The Kier molecular flexibility index (Phi) is 48.9. The largest absolute Gasteiger partial charge is 0.467 e. The van der Waals surface area contributed by atoms with Crippen LogP contribution in [0.15, 0.2) is 108 Å². The Hall–Kier alpha value is -13.0. The lowest BCUT2D eigenvalue weighted by Crippen LogP contribution is -2.71. The summed E-state index contributed by atoms with van der Waals surface area (Å²) in [6.45, 7) is 9.24. The molecule has 0 radical (unpaired) electrons. The van der Waals surface area contributed by atoms with Gasteiger partial charge in [0.15, 0.2) is 92.3 Å². The minimum atomic E-state index is -2.54. The fourth-order valence-corrected chi connectivity index (χ4v) is 16.5. The SMILES string of the molecule is CCCCCCCCCCCCC/C=C/[C@@H](OC(=O)c1ccccc1)[C@H](CO[C@@H]1O[C@H](COC(C)=O)[C@@H](O[C@@H]2O[C@H](COC(C)=O)[C@H](OC(C)=O)[C@H](O[C@@H]3O[C@H](COC(C)=O)[C@@H](O[C@@H]4O[C@H](COC(C)=O)[C@H](OC(C)=O)[C@H](O[C@@H]5O[C@H](C(=O)OC)[C@@H](OC(=O)c6ccccc6)[C@H](OC(=O)CCC(C)=O)[C@H]5OC(=O)c5ccccc5)[C@H]4OC(C)=O)[C@H](OC(C)=O)[C@H]3NC(C)=O)[C@H]2OC(C)=O)[C@H](OC(C)=O)[C@H]1OC(C)=O)N=[N+]=[N-]. The van der Waals surface area contributed by atoms with Crippen molar-refractivity contribution in [2.75, 3.05) is 40.1 Å². The van der Waals surface area contributed by atoms with Crippen molar-refractivity contribution < 1.29 is 209 Å². The third-order valence-corrected chi connectivity index (χ3v) is 22.8. The van der Waals surface area contributed by atoms with Crippen LogP contribution in [0.5, 0.6) is 0 Å². The number of methoxy groups -OCH3 is 1. The summed E-state index contributed by atoms with van der Waals surface area (Å²) in [7, 11) is 0.859. The quantitative estimate of drug-likeness (QED) is 0.0109. The average molecular weight is 2080 g/mol. The minimum Gasteiger partial charge on any atom is -0.467 e. The summed E-state index contributed by atoms with van der Waals surface area (Å²) in [5.41, 5.74) is 9.90. The van der Waals surface area contributed by atoms with Crippen LogP contribution in [0.2, 0.25) is 0 Å². The highest BCUT2D eigenvalue weighted by molar-refractivity contribution is 5.91. The number of unbranched alkanes of at least 4 members (excludes halogenated alkanes) is 11. The third-order valence-electron chi connectivity index (χ3n) is 22.8. The van der Waals surface area contributed by atoms with Crippen molar-refractivity contribution in [3.05, 3.63) is 130 Å². The molecule has 5 aliphatic heterocycles. The molecule has 1 N–H and O–H groups in total. The average Bonchev–Trinajstić information content (AvgIpc) is 0.748. The van der Waals surface area contributed by atoms with Crippen LogP contribution in [0.3, 0.4) is 0 Å². The standard InChI is InChI=1S/C99H128N4O44/c1-16-17-18-19-20-21-22-23-24-25-26-27-37-44-69(135-91(118)65-38-31-28-32-39-65)68(102-103-100)47-127-96-87(132-62(12)114)81(131-61(11)113)79(73(137-96)51-126-57(7)109)144-98-88(133-63(13)115)82(77(128-58(8)110)71(139-98)49-124-55(5)107)145-95-75(101-53(3)105)80(130-60(10)112)76(70(136-95)48-123-54(4)106)143-97-89(134-64(14)116)83(78(129-59(9)111)72(138-97)50-125-56(6)108)146-99-90(142-93(120)67-42-35-30-36-43-67)85(140-74(117)46-45-52(2)104)84(86(147-99)94(121)122-15)141-92(119)66-40-33-29-34-41-66/h28-44,68-73,75-90,95-99H,16-27,45-51H2,1-15H3,(H,101,105)/b44-37+/t68-,69+,70+,71+,72+,73+,75+,76+,77-,78-,79+,80+,81-,82-,83-,84-,85-,86-,87+,88+,89+,90+,95-,96+,97-,98-,99+/m0/s1. The van der Waals surface area contributed by atoms with E-state index in [9.17, 15) is 91.8 Å². The fourth-order valence-electron chi connectivity index (χ4n) is 16.5. The molecule has 48 nitrogen and oxygen atoms in total. The van der Waals surface area contributed by atoms with Crippen molar-refractivity contribution >= 4 is 107 Å². The monoisotopic (exact) mass is 2080 g/mol. The maximum atomic E-state index is 14.8. The fraction of sp³-hybridized carbons (Fsp3) is 0.616. The van der Waals surface area contributed by atoms with Gasteiger partial charge in [-0.25, -0.2) is 19.2 Å². The Labute approximate surface area is 846 Å². The molecule has 0 saturated carbocycles. The van der Waals surface area contributed by atoms with Gasteiger partial charge in [-0.15, -0.1) is 0 Å². The van der Waals surface area contributed by atoms with E-state index >= 15 is 0 Å². The zero-order chi connectivity index (χ0) is 108. The molecule has 147 heavy (non-hydrogen) atoms. The molecular weight excluding hydrogens is 1950 g/mol. The number of Topliss-reactive ketones (excluding diaryl/α,β-unsaturated/α-hetero) is 1. The predicted molar refractivity (Wildman–Crippen MR) is 494 cm³/mol. The zero-order valence-corrected chi connectivity index (χ0v) is 84.1. The second kappa shape index (κ2) is 60.3. The van der Waals surface area contributed by atoms with Crippen molar-refractivity contribution in [2.24, 2.45) is 5.11 Å².